The van der Waals surface area contributed by atoms with E-state index in [-0.39, 0.29) is 29.6 Å². The number of aryl methyl sites for hydroxylation is 1. The quantitative estimate of drug-likeness (QED) is 0.101. The van der Waals surface area contributed by atoms with E-state index in [4.69, 9.17) is 26.1 Å². The molecule has 0 saturated heterocycles. The molecule has 278 valence electrons. The van der Waals surface area contributed by atoms with Crippen molar-refractivity contribution in [1.29, 1.82) is 0 Å². The summed E-state index contributed by atoms with van der Waals surface area (Å²) in [6, 6.07) is 6.59. The molecule has 0 unspecified atom stereocenters. The first-order valence-corrected chi connectivity index (χ1v) is 20.0. The topological polar surface area (TPSA) is 89.3 Å². The number of benzene rings is 1. The van der Waals surface area contributed by atoms with Gasteiger partial charge in [0.2, 0.25) is 5.75 Å². The molecule has 1 aliphatic heterocycles. The van der Waals surface area contributed by atoms with Crippen molar-refractivity contribution in [3.05, 3.63) is 72.9 Å². The number of anilines is 1. The van der Waals surface area contributed by atoms with E-state index in [0.29, 0.717) is 42.1 Å². The van der Waals surface area contributed by atoms with Gasteiger partial charge in [-0.2, -0.15) is 9.61 Å². The number of hydrogen-bond donors (Lipinski definition) is 0. The largest absolute Gasteiger partial charge is 0.487 e. The van der Waals surface area contributed by atoms with E-state index >= 15 is 0 Å². The average Bonchev–Trinajstić information content (AvgIpc) is 3.66. The van der Waals surface area contributed by atoms with E-state index in [1.165, 1.54) is 52.8 Å². The minimum absolute atomic E-state index is 0.119. The molecule has 3 heterocycles. The standard InChI is InChI=1S/C40H56ClN5O4S/c1-7-11-14-15-16-17-25-45-33-27-29(5)18-20-34(33)51-35(45)21-19-30(41)28-31-36(39(47)44(23-12-8-2)24-13-9-3)43-46-38(31)42-32(22-26-49-6)37(40(46)48)50-10-4/h18-21,27-28H,7-17,22-26H2,1-6H3/b30-19-,31-28-,35-21-. The summed E-state index contributed by atoms with van der Waals surface area (Å²) in [7, 11) is 1.60. The van der Waals surface area contributed by atoms with Crippen LogP contribution in [-0.2, 0) is 11.2 Å². The van der Waals surface area contributed by atoms with Crippen LogP contribution in [0.5, 0.6) is 5.75 Å². The Hall–Kier alpha value is -3.34. The lowest BCUT2D eigenvalue weighted by atomic mass is 10.1. The molecule has 0 bridgehead atoms. The van der Waals surface area contributed by atoms with Crippen molar-refractivity contribution in [2.75, 3.05) is 44.9 Å². The molecule has 0 spiro atoms. The normalized spacial score (nSPS) is 14.3. The van der Waals surface area contributed by atoms with Crippen molar-refractivity contribution >= 4 is 46.7 Å². The molecule has 3 aromatic rings. The van der Waals surface area contributed by atoms with E-state index < -0.39 is 5.56 Å². The molecular formula is C40H56ClN5O4S. The molecule has 0 saturated carbocycles. The highest BCUT2D eigenvalue weighted by atomic mass is 35.5. The summed E-state index contributed by atoms with van der Waals surface area (Å²) in [4.78, 5) is 38.3. The van der Waals surface area contributed by atoms with E-state index in [1.54, 1.807) is 24.9 Å². The molecule has 51 heavy (non-hydrogen) atoms. The van der Waals surface area contributed by atoms with Crippen LogP contribution in [0.25, 0.3) is 11.7 Å². The van der Waals surface area contributed by atoms with Crippen LogP contribution in [-0.4, -0.2) is 65.4 Å². The number of carbonyl (C=O) groups is 1. The molecule has 1 amide bonds. The van der Waals surface area contributed by atoms with Gasteiger partial charge in [0.05, 0.1) is 34.8 Å². The number of unbranched alkanes of at least 4 members (excludes halogenated alkanes) is 7. The lowest BCUT2D eigenvalue weighted by molar-refractivity contribution is 0.0743. The summed E-state index contributed by atoms with van der Waals surface area (Å²) in [6.45, 7) is 13.2. The van der Waals surface area contributed by atoms with Gasteiger partial charge in [-0.25, -0.2) is 4.98 Å². The molecule has 2 aromatic heterocycles. The molecule has 0 fully saturated rings. The Bertz CT molecular complexity index is 1780. The highest BCUT2D eigenvalue weighted by Gasteiger charge is 2.26. The minimum atomic E-state index is -0.460. The Morgan fingerprint density at radius 2 is 1.71 bits per heavy atom. The fraction of sp³-hybridized carbons (Fsp3) is 0.550. The summed E-state index contributed by atoms with van der Waals surface area (Å²) in [5, 5.41) is 6.52. The first-order chi connectivity index (χ1) is 24.8. The molecule has 0 radical (unpaired) electrons. The Balaban J connectivity index is 1.81. The molecule has 1 aliphatic rings. The Morgan fingerprint density at radius 1 is 1.00 bits per heavy atom. The van der Waals surface area contributed by atoms with Crippen LogP contribution in [0.1, 0.15) is 114 Å². The summed E-state index contributed by atoms with van der Waals surface area (Å²) in [6.07, 6.45) is 17.0. The van der Waals surface area contributed by atoms with Gasteiger partial charge in [0, 0.05) is 43.1 Å². The lowest BCUT2D eigenvalue weighted by Crippen LogP contribution is -2.35. The van der Waals surface area contributed by atoms with Crippen LogP contribution in [0, 0.1) is 6.92 Å². The second-order valence-corrected chi connectivity index (χ2v) is 14.6. The zero-order valence-electron chi connectivity index (χ0n) is 31.4. The van der Waals surface area contributed by atoms with Crippen LogP contribution in [0.2, 0.25) is 0 Å². The predicted octanol–water partition coefficient (Wildman–Crippen LogP) is 8.46. The summed E-state index contributed by atoms with van der Waals surface area (Å²) in [5.41, 5.74) is 2.88. The predicted molar refractivity (Wildman–Crippen MR) is 211 cm³/mol. The number of methoxy groups -OCH3 is 1. The monoisotopic (exact) mass is 737 g/mol. The van der Waals surface area contributed by atoms with Crippen molar-refractivity contribution in [2.24, 2.45) is 0 Å². The fourth-order valence-corrected chi connectivity index (χ4v) is 7.38. The third kappa shape index (κ3) is 10.6. The second kappa shape index (κ2) is 20.6. The van der Waals surface area contributed by atoms with Crippen LogP contribution in [0.4, 0.5) is 5.69 Å². The average molecular weight is 738 g/mol. The number of aromatic nitrogens is 3. The number of halogens is 1. The van der Waals surface area contributed by atoms with Gasteiger partial charge in [-0.1, -0.05) is 95.1 Å². The minimum Gasteiger partial charge on any atom is -0.487 e. The number of rotatable bonds is 21. The number of hydrogen-bond acceptors (Lipinski definition) is 8. The number of nitrogens with zero attached hydrogens (tertiary/aromatic N) is 5. The van der Waals surface area contributed by atoms with E-state index in [0.717, 1.165) is 43.7 Å². The number of amides is 1. The highest BCUT2D eigenvalue weighted by molar-refractivity contribution is 8.03. The number of carbonyl (C=O) groups excluding carboxylic acids is 1. The van der Waals surface area contributed by atoms with Gasteiger partial charge < -0.3 is 19.3 Å². The number of fused-ring (bicyclic) bond motifs is 2. The zero-order valence-corrected chi connectivity index (χ0v) is 33.0. The van der Waals surface area contributed by atoms with Crippen molar-refractivity contribution in [2.45, 2.75) is 110 Å². The third-order valence-electron chi connectivity index (χ3n) is 8.96. The van der Waals surface area contributed by atoms with E-state index in [1.807, 2.05) is 24.0 Å². The van der Waals surface area contributed by atoms with Gasteiger partial charge in [0.15, 0.2) is 11.3 Å². The van der Waals surface area contributed by atoms with Crippen molar-refractivity contribution < 1.29 is 14.3 Å². The number of ether oxygens (including phenoxy) is 2. The molecule has 1 aromatic carbocycles. The third-order valence-corrected chi connectivity index (χ3v) is 10.3. The van der Waals surface area contributed by atoms with Crippen LogP contribution < -0.4 is 20.4 Å². The summed E-state index contributed by atoms with van der Waals surface area (Å²) in [5.74, 6) is -0.122. The van der Waals surface area contributed by atoms with Gasteiger partial charge in [-0.05, 0) is 69.0 Å². The van der Waals surface area contributed by atoms with Gasteiger partial charge in [0.1, 0.15) is 0 Å². The SMILES string of the molecule is CCCCCCCCN1/C(=C/C=C(Cl)/C=c2/c(C(=O)N(CCCC)CCCC)nn3c(=O)c(OCC)c(CCOC)nc23)Sc2ccc(C)cc21. The van der Waals surface area contributed by atoms with E-state index in [9.17, 15) is 9.59 Å². The van der Waals surface area contributed by atoms with Crippen molar-refractivity contribution in [1.82, 2.24) is 19.5 Å². The van der Waals surface area contributed by atoms with Crippen LogP contribution >= 0.6 is 23.4 Å². The second-order valence-electron chi connectivity index (χ2n) is 13.1. The first kappa shape index (κ1) is 40.4. The Labute approximate surface area is 313 Å². The van der Waals surface area contributed by atoms with Gasteiger partial charge >= 0.3 is 5.56 Å². The maximum atomic E-state index is 14.2. The Morgan fingerprint density at radius 3 is 2.39 bits per heavy atom. The molecule has 4 rings (SSSR count). The fourth-order valence-electron chi connectivity index (χ4n) is 6.13. The molecule has 9 nitrogen and oxygen atoms in total. The molecule has 0 N–H and O–H groups in total. The zero-order chi connectivity index (χ0) is 36.8. The van der Waals surface area contributed by atoms with Gasteiger partial charge in [0.25, 0.3) is 5.91 Å². The Kier molecular flexibility index (Phi) is 16.4. The first-order valence-electron chi connectivity index (χ1n) is 18.8. The van der Waals surface area contributed by atoms with Crippen LogP contribution in [0.3, 0.4) is 0 Å². The molecule has 0 atom stereocenters. The maximum absolute atomic E-state index is 14.2. The highest BCUT2D eigenvalue weighted by Crippen LogP contribution is 2.46. The lowest BCUT2D eigenvalue weighted by Gasteiger charge is -2.21. The summed E-state index contributed by atoms with van der Waals surface area (Å²) >= 11 is 8.73. The van der Waals surface area contributed by atoms with Gasteiger partial charge in [-0.15, -0.1) is 0 Å². The number of thioether (sulfide) groups is 1. The van der Waals surface area contributed by atoms with Crippen molar-refractivity contribution in [3.63, 3.8) is 0 Å². The molecule has 11 heteroatoms. The van der Waals surface area contributed by atoms with Gasteiger partial charge in [-0.3, -0.25) is 9.59 Å². The smallest absolute Gasteiger partial charge is 0.317 e. The van der Waals surface area contributed by atoms with Crippen molar-refractivity contribution in [3.8, 4) is 5.75 Å². The molecular weight excluding hydrogens is 682 g/mol. The van der Waals surface area contributed by atoms with Crippen LogP contribution in [0.15, 0.2) is 50.1 Å². The summed E-state index contributed by atoms with van der Waals surface area (Å²) < 4.78 is 12.3. The number of allylic oxidation sites excluding steroid dienone is 3. The van der Waals surface area contributed by atoms with E-state index in [2.05, 4.69) is 55.9 Å². The molecule has 0 aliphatic carbocycles. The maximum Gasteiger partial charge on any atom is 0.317 e.